The van der Waals surface area contributed by atoms with E-state index in [2.05, 4.69) is 0 Å². The van der Waals surface area contributed by atoms with Gasteiger partial charge < -0.3 is 14.2 Å². The number of piperazine rings is 1. The second-order valence-corrected chi connectivity index (χ2v) is 7.89. The Hall–Kier alpha value is -2.06. The lowest BCUT2D eigenvalue weighted by Crippen LogP contribution is -2.50. The highest BCUT2D eigenvalue weighted by molar-refractivity contribution is 7.88. The Bertz CT molecular complexity index is 851. The molecule has 1 saturated heterocycles. The summed E-state index contributed by atoms with van der Waals surface area (Å²) in [5.41, 5.74) is 0.971. The van der Waals surface area contributed by atoms with Crippen LogP contribution in [0.4, 0.5) is 0 Å². The molecule has 0 unspecified atom stereocenters. The summed E-state index contributed by atoms with van der Waals surface area (Å²) in [6, 6.07) is 7.69. The van der Waals surface area contributed by atoms with Crippen LogP contribution in [-0.2, 0) is 21.4 Å². The normalized spacial score (nSPS) is 16.5. The van der Waals surface area contributed by atoms with Crippen molar-refractivity contribution in [1.29, 1.82) is 0 Å². The molecule has 1 aromatic carbocycles. The third-order valence-electron chi connectivity index (χ3n) is 4.34. The van der Waals surface area contributed by atoms with Crippen LogP contribution in [0.5, 0.6) is 5.75 Å². The number of hydrogen-bond donors (Lipinski definition) is 0. The Labute approximate surface area is 141 Å². The van der Waals surface area contributed by atoms with Gasteiger partial charge in [-0.05, 0) is 24.3 Å². The van der Waals surface area contributed by atoms with Crippen LogP contribution < -0.4 is 4.74 Å². The van der Waals surface area contributed by atoms with E-state index in [1.165, 1.54) is 10.6 Å². The molecule has 0 spiro atoms. The van der Waals surface area contributed by atoms with Crippen molar-refractivity contribution < 1.29 is 17.9 Å². The highest BCUT2D eigenvalue weighted by Crippen LogP contribution is 2.22. The van der Waals surface area contributed by atoms with Gasteiger partial charge >= 0.3 is 0 Å². The van der Waals surface area contributed by atoms with E-state index in [0.29, 0.717) is 26.2 Å². The zero-order chi connectivity index (χ0) is 17.3. The maximum Gasteiger partial charge on any atom is 0.242 e. The predicted molar refractivity (Wildman–Crippen MR) is 91.5 cm³/mol. The average Bonchev–Trinajstić information content (AvgIpc) is 2.96. The Morgan fingerprint density at radius 1 is 1.17 bits per heavy atom. The summed E-state index contributed by atoms with van der Waals surface area (Å²) >= 11 is 0. The first-order valence-corrected chi connectivity index (χ1v) is 9.59. The summed E-state index contributed by atoms with van der Waals surface area (Å²) < 4.78 is 31.6. The zero-order valence-electron chi connectivity index (χ0n) is 13.8. The van der Waals surface area contributed by atoms with Crippen LogP contribution in [0.25, 0.3) is 10.9 Å². The second-order valence-electron chi connectivity index (χ2n) is 5.91. The molecule has 2 aromatic rings. The maximum atomic E-state index is 12.5. The van der Waals surface area contributed by atoms with Gasteiger partial charge in [-0.25, -0.2) is 8.42 Å². The minimum atomic E-state index is -3.18. The largest absolute Gasteiger partial charge is 0.497 e. The molecule has 1 aromatic heterocycles. The van der Waals surface area contributed by atoms with Gasteiger partial charge in [-0.3, -0.25) is 4.79 Å². The summed E-state index contributed by atoms with van der Waals surface area (Å²) in [5.74, 6) is 0.778. The fraction of sp³-hybridized carbons (Fsp3) is 0.438. The highest BCUT2D eigenvalue weighted by atomic mass is 32.2. The van der Waals surface area contributed by atoms with E-state index >= 15 is 0 Å². The molecule has 1 aliphatic heterocycles. The quantitative estimate of drug-likeness (QED) is 0.815. The van der Waals surface area contributed by atoms with Gasteiger partial charge in [0.1, 0.15) is 12.3 Å². The molecule has 0 saturated carbocycles. The van der Waals surface area contributed by atoms with Crippen LogP contribution in [0.15, 0.2) is 30.5 Å². The van der Waals surface area contributed by atoms with Gasteiger partial charge in [-0.2, -0.15) is 4.31 Å². The van der Waals surface area contributed by atoms with Crippen molar-refractivity contribution in [3.05, 3.63) is 30.5 Å². The molecular formula is C16H21N3O4S. The summed E-state index contributed by atoms with van der Waals surface area (Å²) in [6.07, 6.45) is 3.08. The van der Waals surface area contributed by atoms with Gasteiger partial charge in [0.05, 0.1) is 13.4 Å². The smallest absolute Gasteiger partial charge is 0.242 e. The van der Waals surface area contributed by atoms with Crippen LogP contribution in [0.3, 0.4) is 0 Å². The topological polar surface area (TPSA) is 71.8 Å². The Morgan fingerprint density at radius 2 is 1.88 bits per heavy atom. The number of fused-ring (bicyclic) bond motifs is 1. The van der Waals surface area contributed by atoms with E-state index in [0.717, 1.165) is 16.7 Å². The van der Waals surface area contributed by atoms with Gasteiger partial charge in [-0.1, -0.05) is 0 Å². The molecule has 0 radical (unpaired) electrons. The van der Waals surface area contributed by atoms with Crippen molar-refractivity contribution in [1.82, 2.24) is 13.8 Å². The molecule has 24 heavy (non-hydrogen) atoms. The number of carbonyl (C=O) groups excluding carboxylic acids is 1. The number of aromatic nitrogens is 1. The van der Waals surface area contributed by atoms with Gasteiger partial charge in [0.2, 0.25) is 15.9 Å². The Balaban J connectivity index is 1.68. The van der Waals surface area contributed by atoms with Crippen LogP contribution in [0.1, 0.15) is 0 Å². The molecule has 8 heteroatoms. The van der Waals surface area contributed by atoms with Crippen LogP contribution in [-0.4, -0.2) is 67.6 Å². The fourth-order valence-corrected chi connectivity index (χ4v) is 3.78. The number of methoxy groups -OCH3 is 1. The van der Waals surface area contributed by atoms with E-state index in [-0.39, 0.29) is 12.5 Å². The number of rotatable bonds is 4. The molecule has 0 bridgehead atoms. The molecule has 1 fully saturated rings. The third-order valence-corrected chi connectivity index (χ3v) is 5.65. The van der Waals surface area contributed by atoms with Crippen LogP contribution in [0, 0.1) is 0 Å². The van der Waals surface area contributed by atoms with Crippen molar-refractivity contribution in [2.24, 2.45) is 0 Å². The van der Waals surface area contributed by atoms with Gasteiger partial charge in [-0.15, -0.1) is 0 Å². The summed E-state index contributed by atoms with van der Waals surface area (Å²) in [7, 11) is -1.56. The maximum absolute atomic E-state index is 12.5. The number of benzene rings is 1. The van der Waals surface area contributed by atoms with Crippen molar-refractivity contribution in [2.45, 2.75) is 6.54 Å². The lowest BCUT2D eigenvalue weighted by atomic mass is 10.2. The third kappa shape index (κ3) is 3.39. The monoisotopic (exact) mass is 351 g/mol. The molecule has 7 nitrogen and oxygen atoms in total. The SMILES string of the molecule is COc1ccc2c(ccn2CC(=O)N2CCN(S(C)(=O)=O)CC2)c1. The van der Waals surface area contributed by atoms with E-state index in [1.807, 2.05) is 35.0 Å². The lowest BCUT2D eigenvalue weighted by Gasteiger charge is -2.33. The summed E-state index contributed by atoms with van der Waals surface area (Å²) in [4.78, 5) is 14.2. The molecule has 0 aliphatic carbocycles. The number of hydrogen-bond acceptors (Lipinski definition) is 4. The average molecular weight is 351 g/mol. The van der Waals surface area contributed by atoms with Crippen molar-refractivity contribution >= 4 is 26.8 Å². The highest BCUT2D eigenvalue weighted by Gasteiger charge is 2.26. The molecular weight excluding hydrogens is 330 g/mol. The summed E-state index contributed by atoms with van der Waals surface area (Å²) in [5, 5.41) is 1.02. The van der Waals surface area contributed by atoms with E-state index < -0.39 is 10.0 Å². The number of sulfonamides is 1. The minimum absolute atomic E-state index is 0.00327. The molecule has 0 atom stereocenters. The number of nitrogens with zero attached hydrogens (tertiary/aromatic N) is 3. The van der Waals surface area contributed by atoms with E-state index in [9.17, 15) is 13.2 Å². The first-order chi connectivity index (χ1) is 11.4. The standard InChI is InChI=1S/C16H21N3O4S/c1-23-14-3-4-15-13(11-14)5-6-18(15)12-16(20)17-7-9-19(10-8-17)24(2,21)22/h3-6,11H,7-10,12H2,1-2H3. The number of amides is 1. The minimum Gasteiger partial charge on any atom is -0.497 e. The van der Waals surface area contributed by atoms with Gasteiger partial charge in [0.25, 0.3) is 0 Å². The van der Waals surface area contributed by atoms with Crippen molar-refractivity contribution in [3.8, 4) is 5.75 Å². The lowest BCUT2D eigenvalue weighted by molar-refractivity contribution is -0.132. The molecule has 1 amide bonds. The Kier molecular flexibility index (Phi) is 4.51. The van der Waals surface area contributed by atoms with Crippen LogP contribution >= 0.6 is 0 Å². The van der Waals surface area contributed by atoms with Crippen LogP contribution in [0.2, 0.25) is 0 Å². The van der Waals surface area contributed by atoms with E-state index in [1.54, 1.807) is 12.0 Å². The fourth-order valence-electron chi connectivity index (χ4n) is 2.96. The van der Waals surface area contributed by atoms with Crippen molar-refractivity contribution in [2.75, 3.05) is 39.5 Å². The van der Waals surface area contributed by atoms with E-state index in [4.69, 9.17) is 4.74 Å². The number of carbonyl (C=O) groups is 1. The predicted octanol–water partition coefficient (Wildman–Crippen LogP) is 0.754. The molecule has 2 heterocycles. The van der Waals surface area contributed by atoms with Gasteiger partial charge in [0, 0.05) is 43.3 Å². The number of ether oxygens (including phenoxy) is 1. The zero-order valence-corrected chi connectivity index (χ0v) is 14.6. The Morgan fingerprint density at radius 3 is 2.50 bits per heavy atom. The molecule has 130 valence electrons. The molecule has 1 aliphatic rings. The first-order valence-electron chi connectivity index (χ1n) is 7.74. The second kappa shape index (κ2) is 6.45. The van der Waals surface area contributed by atoms with Crippen molar-refractivity contribution in [3.63, 3.8) is 0 Å². The van der Waals surface area contributed by atoms with Gasteiger partial charge in [0.15, 0.2) is 0 Å². The molecule has 3 rings (SSSR count). The molecule has 0 N–H and O–H groups in total. The first kappa shape index (κ1) is 16.8. The summed E-state index contributed by atoms with van der Waals surface area (Å²) in [6.45, 7) is 1.81.